The molecule has 0 amide bonds. The molecule has 4 atom stereocenters. The van der Waals surface area contributed by atoms with Crippen LogP contribution in [0.3, 0.4) is 0 Å². The highest BCUT2D eigenvalue weighted by atomic mass is 16.6. The van der Waals surface area contributed by atoms with E-state index in [1.165, 1.54) is 0 Å². The molecule has 0 radical (unpaired) electrons. The van der Waals surface area contributed by atoms with Crippen LogP contribution in [0.15, 0.2) is 0 Å². The first-order valence-corrected chi connectivity index (χ1v) is 6.59. The molecule has 3 fully saturated rings. The lowest BCUT2D eigenvalue weighted by Crippen LogP contribution is -2.84. The van der Waals surface area contributed by atoms with Crippen molar-refractivity contribution >= 4 is 5.97 Å². The van der Waals surface area contributed by atoms with E-state index in [2.05, 4.69) is 4.90 Å². The van der Waals surface area contributed by atoms with Crippen LogP contribution in [0, 0.1) is 0 Å². The summed E-state index contributed by atoms with van der Waals surface area (Å²) in [5.41, 5.74) is 5.36. The van der Waals surface area contributed by atoms with Crippen LogP contribution in [0.4, 0.5) is 0 Å². The van der Waals surface area contributed by atoms with Crippen molar-refractivity contribution in [2.75, 3.05) is 0 Å². The zero-order valence-corrected chi connectivity index (χ0v) is 10.9. The van der Waals surface area contributed by atoms with Crippen molar-refractivity contribution in [2.45, 2.75) is 75.7 Å². The Morgan fingerprint density at radius 2 is 1.82 bits per heavy atom. The maximum Gasteiger partial charge on any atom is 0.327 e. The molecule has 0 saturated carbocycles. The van der Waals surface area contributed by atoms with Crippen LogP contribution in [0.5, 0.6) is 0 Å². The molecule has 3 heterocycles. The molecule has 0 aromatic rings. The molecule has 0 aromatic carbocycles. The summed E-state index contributed by atoms with van der Waals surface area (Å²) in [5, 5.41) is 0. The molecule has 0 aromatic heterocycles. The number of carbonyl (C=O) groups is 1. The maximum absolute atomic E-state index is 12.2. The van der Waals surface area contributed by atoms with Gasteiger partial charge < -0.3 is 10.5 Å². The van der Waals surface area contributed by atoms with E-state index in [-0.39, 0.29) is 17.1 Å². The predicted octanol–water partition coefficient (Wildman–Crippen LogP) is 1.03. The summed E-state index contributed by atoms with van der Waals surface area (Å²) in [4.78, 5) is 14.6. The first-order valence-electron chi connectivity index (χ1n) is 6.59. The number of ether oxygens (including phenoxy) is 1. The number of piperidine rings is 2. The Morgan fingerprint density at radius 3 is 2.29 bits per heavy atom. The van der Waals surface area contributed by atoms with E-state index in [0.29, 0.717) is 18.1 Å². The molecule has 4 nitrogen and oxygen atoms in total. The quantitative estimate of drug-likeness (QED) is 0.693. The Kier molecular flexibility index (Phi) is 2.18. The van der Waals surface area contributed by atoms with Crippen molar-refractivity contribution in [2.24, 2.45) is 5.73 Å². The predicted molar refractivity (Wildman–Crippen MR) is 64.4 cm³/mol. The van der Waals surface area contributed by atoms with Gasteiger partial charge in [0.2, 0.25) is 0 Å². The van der Waals surface area contributed by atoms with E-state index in [4.69, 9.17) is 10.5 Å². The van der Waals surface area contributed by atoms with Gasteiger partial charge in [-0.3, -0.25) is 9.69 Å². The second-order valence-corrected chi connectivity index (χ2v) is 6.89. The molecule has 4 heteroatoms. The van der Waals surface area contributed by atoms with E-state index in [0.717, 1.165) is 25.7 Å². The van der Waals surface area contributed by atoms with E-state index >= 15 is 0 Å². The van der Waals surface area contributed by atoms with Gasteiger partial charge in [-0.05, 0) is 46.5 Å². The summed E-state index contributed by atoms with van der Waals surface area (Å²) in [6, 6.07) is 1.40. The number of hydrogen-bond acceptors (Lipinski definition) is 4. The van der Waals surface area contributed by atoms with Crippen molar-refractivity contribution in [3.63, 3.8) is 0 Å². The molecule has 96 valence electrons. The first kappa shape index (κ1) is 11.5. The largest absolute Gasteiger partial charge is 0.459 e. The van der Waals surface area contributed by atoms with Gasteiger partial charge in [0.05, 0.1) is 0 Å². The summed E-state index contributed by atoms with van der Waals surface area (Å²) >= 11 is 0. The third-order valence-corrected chi connectivity index (χ3v) is 4.36. The van der Waals surface area contributed by atoms with Gasteiger partial charge in [-0.25, -0.2) is 0 Å². The van der Waals surface area contributed by atoms with Crippen LogP contribution in [0.25, 0.3) is 0 Å². The van der Waals surface area contributed by atoms with Crippen molar-refractivity contribution < 1.29 is 9.53 Å². The normalized spacial score (nSPS) is 44.4. The monoisotopic (exact) mass is 238 g/mol. The Bertz CT molecular complexity index is 345. The summed E-state index contributed by atoms with van der Waals surface area (Å²) in [6.45, 7) is 5.79. The van der Waals surface area contributed by atoms with E-state index in [1.807, 2.05) is 20.8 Å². The minimum atomic E-state index is -0.381. The lowest BCUT2D eigenvalue weighted by atomic mass is 9.59. The molecule has 0 bridgehead atoms. The van der Waals surface area contributed by atoms with Crippen LogP contribution in [0.2, 0.25) is 0 Å². The van der Waals surface area contributed by atoms with E-state index < -0.39 is 0 Å². The molecule has 3 aliphatic heterocycles. The van der Waals surface area contributed by atoms with Gasteiger partial charge in [0.15, 0.2) is 0 Å². The molecule has 2 unspecified atom stereocenters. The number of hydrogen-bond donors (Lipinski definition) is 1. The molecule has 3 saturated heterocycles. The second kappa shape index (κ2) is 3.23. The van der Waals surface area contributed by atoms with Crippen LogP contribution < -0.4 is 5.73 Å². The number of nitrogens with zero attached hydrogens (tertiary/aromatic N) is 1. The van der Waals surface area contributed by atoms with Gasteiger partial charge in [-0.15, -0.1) is 0 Å². The number of carbonyl (C=O) groups excluding carboxylic acids is 1. The van der Waals surface area contributed by atoms with E-state index in [1.54, 1.807) is 0 Å². The van der Waals surface area contributed by atoms with Crippen LogP contribution in [-0.2, 0) is 9.53 Å². The van der Waals surface area contributed by atoms with Gasteiger partial charge in [0.1, 0.15) is 11.1 Å². The maximum atomic E-state index is 12.2. The minimum Gasteiger partial charge on any atom is -0.459 e. The molecular weight excluding hydrogens is 216 g/mol. The fourth-order valence-corrected chi connectivity index (χ4v) is 3.88. The molecule has 17 heavy (non-hydrogen) atoms. The lowest BCUT2D eigenvalue weighted by Gasteiger charge is -2.71. The molecule has 2 N–H and O–H groups in total. The Morgan fingerprint density at radius 1 is 1.29 bits per heavy atom. The van der Waals surface area contributed by atoms with Gasteiger partial charge in [-0.1, -0.05) is 0 Å². The third-order valence-electron chi connectivity index (χ3n) is 4.36. The van der Waals surface area contributed by atoms with Crippen molar-refractivity contribution in [3.05, 3.63) is 0 Å². The molecule has 0 spiro atoms. The van der Waals surface area contributed by atoms with Crippen LogP contribution in [0.1, 0.15) is 46.5 Å². The van der Waals surface area contributed by atoms with Gasteiger partial charge in [0.25, 0.3) is 0 Å². The average molecular weight is 238 g/mol. The smallest absolute Gasteiger partial charge is 0.327 e. The van der Waals surface area contributed by atoms with Crippen molar-refractivity contribution in [3.8, 4) is 0 Å². The number of rotatable bonds is 1. The molecule has 3 rings (SSSR count). The summed E-state index contributed by atoms with van der Waals surface area (Å²) in [7, 11) is 0. The summed E-state index contributed by atoms with van der Waals surface area (Å²) in [6.07, 6.45) is 3.99. The highest BCUT2D eigenvalue weighted by Crippen LogP contribution is 2.57. The van der Waals surface area contributed by atoms with Crippen molar-refractivity contribution in [1.82, 2.24) is 4.90 Å². The average Bonchev–Trinajstić information content (AvgIpc) is 2.06. The Hall–Kier alpha value is -0.610. The fraction of sp³-hybridized carbons (Fsp3) is 0.923. The number of nitrogens with two attached hydrogens (primary N) is 1. The van der Waals surface area contributed by atoms with Gasteiger partial charge in [0, 0.05) is 18.1 Å². The third kappa shape index (κ3) is 1.54. The van der Waals surface area contributed by atoms with Gasteiger partial charge in [-0.2, -0.15) is 0 Å². The lowest BCUT2D eigenvalue weighted by molar-refractivity contribution is -0.242. The fourth-order valence-electron chi connectivity index (χ4n) is 3.88. The van der Waals surface area contributed by atoms with Crippen LogP contribution in [-0.4, -0.2) is 40.1 Å². The highest BCUT2D eigenvalue weighted by molar-refractivity contribution is 5.84. The standard InChI is InChI=1S/C13H22N2O2/c1-12(2,3)17-11(16)13-6-9-4-8(14)5-10(7-13)15(9)13/h8-10H,4-7,14H2,1-3H3/t8?,9-,10+,13?. The molecule has 0 aliphatic carbocycles. The molecule has 3 aliphatic rings. The van der Waals surface area contributed by atoms with Crippen LogP contribution >= 0.6 is 0 Å². The topological polar surface area (TPSA) is 55.6 Å². The molecular formula is C13H22N2O2. The first-order chi connectivity index (χ1) is 7.82. The Labute approximate surface area is 102 Å². The number of esters is 1. The second-order valence-electron chi connectivity index (χ2n) is 6.89. The zero-order valence-electron chi connectivity index (χ0n) is 10.9. The Balaban J connectivity index is 1.70. The SMILES string of the molecule is CC(C)(C)OC(=O)C12C[C@H]3CC(N)C[C@@H](C1)N32. The zero-order chi connectivity index (χ0) is 12.4. The highest BCUT2D eigenvalue weighted by Gasteiger charge is 2.69. The minimum absolute atomic E-state index is 0.0204. The summed E-state index contributed by atoms with van der Waals surface area (Å²) in [5.74, 6) is -0.0204. The van der Waals surface area contributed by atoms with E-state index in [9.17, 15) is 4.79 Å². The van der Waals surface area contributed by atoms with Crippen molar-refractivity contribution in [1.29, 1.82) is 0 Å². The summed E-state index contributed by atoms with van der Waals surface area (Å²) < 4.78 is 5.55. The van der Waals surface area contributed by atoms with Gasteiger partial charge >= 0.3 is 5.97 Å².